The fourth-order valence-corrected chi connectivity index (χ4v) is 3.63. The van der Waals surface area contributed by atoms with Gasteiger partial charge in [-0.25, -0.2) is 0 Å². The van der Waals surface area contributed by atoms with Gasteiger partial charge in [-0.1, -0.05) is 30.3 Å². The zero-order valence-electron chi connectivity index (χ0n) is 16.6. The van der Waals surface area contributed by atoms with Crippen molar-refractivity contribution < 1.29 is 14.1 Å². The molecule has 2 aliphatic rings. The van der Waals surface area contributed by atoms with Crippen LogP contribution in [0.3, 0.4) is 0 Å². The smallest absolute Gasteiger partial charge is 0.399 e. The molecule has 1 amide bonds. The summed E-state index contributed by atoms with van der Waals surface area (Å²) in [6, 6.07) is 9.71. The van der Waals surface area contributed by atoms with E-state index < -0.39 is 18.3 Å². The number of fused-ring (bicyclic) bond motifs is 1. The zero-order chi connectivity index (χ0) is 19.4. The van der Waals surface area contributed by atoms with Gasteiger partial charge in [-0.3, -0.25) is 9.48 Å². The largest absolute Gasteiger partial charge is 0.498 e. The summed E-state index contributed by atoms with van der Waals surface area (Å²) in [5.41, 5.74) is 2.18. The maximum atomic E-state index is 12.8. The first-order valence-corrected chi connectivity index (χ1v) is 9.44. The van der Waals surface area contributed by atoms with E-state index >= 15 is 0 Å². The Bertz CT molecular complexity index is 847. The average molecular weight is 367 g/mol. The normalized spacial score (nSPS) is 23.6. The summed E-state index contributed by atoms with van der Waals surface area (Å²) in [5, 5.41) is 4.48. The lowest BCUT2D eigenvalue weighted by Gasteiger charge is -2.32. The predicted octanol–water partition coefficient (Wildman–Crippen LogP) is 2.29. The molecule has 6 nitrogen and oxygen atoms in total. The fraction of sp³-hybridized carbons (Fsp3) is 0.500. The molecule has 2 aliphatic heterocycles. The van der Waals surface area contributed by atoms with Crippen LogP contribution in [0.15, 0.2) is 36.5 Å². The molecule has 0 aliphatic carbocycles. The van der Waals surface area contributed by atoms with Crippen molar-refractivity contribution in [3.63, 3.8) is 0 Å². The minimum Gasteiger partial charge on any atom is -0.399 e. The second kappa shape index (κ2) is 6.21. The van der Waals surface area contributed by atoms with Gasteiger partial charge < -0.3 is 14.2 Å². The van der Waals surface area contributed by atoms with Gasteiger partial charge in [0.25, 0.3) is 0 Å². The van der Waals surface area contributed by atoms with Gasteiger partial charge in [0.2, 0.25) is 5.91 Å². The van der Waals surface area contributed by atoms with Gasteiger partial charge in [-0.05, 0) is 40.2 Å². The highest BCUT2D eigenvalue weighted by Gasteiger charge is 2.53. The quantitative estimate of drug-likeness (QED) is 0.782. The molecule has 0 N–H and O–H groups in total. The molecule has 1 atom stereocenters. The van der Waals surface area contributed by atoms with Crippen LogP contribution in [0.4, 0.5) is 0 Å². The van der Waals surface area contributed by atoms with E-state index in [9.17, 15) is 4.79 Å². The standard InChI is InChI=1S/C20H26BN3O3/c1-14-18(25)23(12-15-9-7-6-8-10-15)13-17-16(11-22-24(14)17)21-26-19(2,3)20(4,5)27-21/h6-11,14H,12-13H2,1-5H3. The topological polar surface area (TPSA) is 56.6 Å². The van der Waals surface area contributed by atoms with Crippen LogP contribution in [0.1, 0.15) is 51.9 Å². The van der Waals surface area contributed by atoms with E-state index in [0.29, 0.717) is 13.1 Å². The van der Waals surface area contributed by atoms with E-state index in [0.717, 1.165) is 16.7 Å². The second-order valence-corrected chi connectivity index (χ2v) is 8.44. The summed E-state index contributed by atoms with van der Waals surface area (Å²) >= 11 is 0. The van der Waals surface area contributed by atoms with Crippen LogP contribution in [-0.2, 0) is 27.2 Å². The minimum absolute atomic E-state index is 0.0786. The van der Waals surface area contributed by atoms with E-state index in [1.807, 2.05) is 74.5 Å². The van der Waals surface area contributed by atoms with Crippen LogP contribution >= 0.6 is 0 Å². The fourth-order valence-electron chi connectivity index (χ4n) is 3.63. The molecule has 0 spiro atoms. The second-order valence-electron chi connectivity index (χ2n) is 8.44. The number of rotatable bonds is 3. The summed E-state index contributed by atoms with van der Waals surface area (Å²) in [6.45, 7) is 11.1. The zero-order valence-corrected chi connectivity index (χ0v) is 16.6. The lowest BCUT2D eigenvalue weighted by Crippen LogP contribution is -2.45. The lowest BCUT2D eigenvalue weighted by molar-refractivity contribution is -0.137. The Balaban J connectivity index is 1.64. The van der Waals surface area contributed by atoms with Crippen molar-refractivity contribution >= 4 is 18.5 Å². The van der Waals surface area contributed by atoms with Crippen molar-refractivity contribution in [2.75, 3.05) is 0 Å². The molecule has 142 valence electrons. The van der Waals surface area contributed by atoms with Crippen LogP contribution < -0.4 is 5.46 Å². The lowest BCUT2D eigenvalue weighted by atomic mass is 9.78. The maximum Gasteiger partial charge on any atom is 0.498 e. The van der Waals surface area contributed by atoms with Gasteiger partial charge in [0, 0.05) is 18.2 Å². The summed E-state index contributed by atoms with van der Waals surface area (Å²) in [7, 11) is -0.474. The highest BCUT2D eigenvalue weighted by molar-refractivity contribution is 6.62. The molecule has 0 bridgehead atoms. The van der Waals surface area contributed by atoms with Gasteiger partial charge in [0.05, 0.1) is 23.4 Å². The first kappa shape index (κ1) is 18.3. The Hall–Kier alpha value is -2.12. The number of benzene rings is 1. The number of hydrogen-bond acceptors (Lipinski definition) is 4. The Morgan fingerprint density at radius 3 is 2.41 bits per heavy atom. The number of carbonyl (C=O) groups excluding carboxylic acids is 1. The number of carbonyl (C=O) groups is 1. The summed E-state index contributed by atoms with van der Waals surface area (Å²) < 4.78 is 14.2. The first-order valence-electron chi connectivity index (χ1n) is 9.44. The highest BCUT2D eigenvalue weighted by atomic mass is 16.7. The molecule has 2 aromatic rings. The number of hydrogen-bond donors (Lipinski definition) is 0. The molecule has 3 heterocycles. The molecule has 0 saturated carbocycles. The average Bonchev–Trinajstić information content (AvgIpc) is 3.11. The summed E-state index contributed by atoms with van der Waals surface area (Å²) in [6.07, 6.45) is 1.78. The predicted molar refractivity (Wildman–Crippen MR) is 103 cm³/mol. The van der Waals surface area contributed by atoms with Gasteiger partial charge in [0.1, 0.15) is 6.04 Å². The van der Waals surface area contributed by atoms with Crippen LogP contribution in [0.5, 0.6) is 0 Å². The minimum atomic E-state index is -0.474. The Kier molecular flexibility index (Phi) is 4.20. The third-order valence-electron chi connectivity index (χ3n) is 6.03. The van der Waals surface area contributed by atoms with E-state index in [4.69, 9.17) is 9.31 Å². The third kappa shape index (κ3) is 2.99. The first-order chi connectivity index (χ1) is 12.7. The van der Waals surface area contributed by atoms with Crippen LogP contribution in [-0.4, -0.2) is 38.9 Å². The maximum absolute atomic E-state index is 12.8. The summed E-state index contributed by atoms with van der Waals surface area (Å²) in [5.74, 6) is 0.0786. The van der Waals surface area contributed by atoms with Crippen LogP contribution in [0, 0.1) is 0 Å². The van der Waals surface area contributed by atoms with Crippen molar-refractivity contribution in [3.8, 4) is 0 Å². The molecule has 0 radical (unpaired) electrons. The highest BCUT2D eigenvalue weighted by Crippen LogP contribution is 2.37. The van der Waals surface area contributed by atoms with Crippen molar-refractivity contribution in [2.45, 2.75) is 65.0 Å². The Morgan fingerprint density at radius 1 is 1.15 bits per heavy atom. The Labute approximate surface area is 160 Å². The van der Waals surface area contributed by atoms with E-state index in [-0.39, 0.29) is 11.9 Å². The van der Waals surface area contributed by atoms with E-state index in [1.54, 1.807) is 6.20 Å². The molecule has 27 heavy (non-hydrogen) atoms. The molecule has 1 fully saturated rings. The van der Waals surface area contributed by atoms with Crippen LogP contribution in [0.2, 0.25) is 0 Å². The van der Waals surface area contributed by atoms with Gasteiger partial charge in [-0.15, -0.1) is 0 Å². The molecule has 1 aromatic carbocycles. The number of amides is 1. The van der Waals surface area contributed by atoms with Crippen molar-refractivity contribution in [1.82, 2.24) is 14.7 Å². The van der Waals surface area contributed by atoms with Gasteiger partial charge >= 0.3 is 7.12 Å². The third-order valence-corrected chi connectivity index (χ3v) is 6.03. The monoisotopic (exact) mass is 367 g/mol. The number of aromatic nitrogens is 2. The van der Waals surface area contributed by atoms with Gasteiger partial charge in [-0.2, -0.15) is 5.10 Å². The summed E-state index contributed by atoms with van der Waals surface area (Å²) in [4.78, 5) is 14.7. The van der Waals surface area contributed by atoms with Crippen molar-refractivity contribution in [2.24, 2.45) is 0 Å². The van der Waals surface area contributed by atoms with Crippen molar-refractivity contribution in [1.29, 1.82) is 0 Å². The molecule has 4 rings (SSSR count). The SMILES string of the molecule is CC1C(=O)N(Cc2ccccc2)Cc2c(B3OC(C)(C)C(C)(C)O3)cnn21. The van der Waals surface area contributed by atoms with E-state index in [2.05, 4.69) is 5.10 Å². The molecular weight excluding hydrogens is 341 g/mol. The van der Waals surface area contributed by atoms with Crippen LogP contribution in [0.25, 0.3) is 0 Å². The molecule has 7 heteroatoms. The Morgan fingerprint density at radius 2 is 1.78 bits per heavy atom. The number of nitrogens with zero attached hydrogens (tertiary/aromatic N) is 3. The molecule has 1 saturated heterocycles. The molecule has 1 aromatic heterocycles. The van der Waals surface area contributed by atoms with Gasteiger partial charge in [0.15, 0.2) is 0 Å². The van der Waals surface area contributed by atoms with E-state index in [1.165, 1.54) is 0 Å². The molecule has 1 unspecified atom stereocenters. The van der Waals surface area contributed by atoms with Crippen molar-refractivity contribution in [3.05, 3.63) is 47.8 Å². The molecular formula is C20H26BN3O3.